The Morgan fingerprint density at radius 2 is 1.62 bits per heavy atom. The number of rotatable bonds is 8. The van der Waals surface area contributed by atoms with Gasteiger partial charge in [0.15, 0.2) is 0 Å². The average Bonchev–Trinajstić information content (AvgIpc) is 3.24. The SMILES string of the molecule is O=C(O)CCNC(=O)c1ccc2c(c1)nc(-c1ccc(Cl)c([N+](=O)[O-])c1)n2Cc1cc(C(F)(F)F)cc(C(F)(F)F)c1. The Morgan fingerprint density at radius 3 is 2.19 bits per heavy atom. The molecule has 3 aromatic carbocycles. The molecule has 0 atom stereocenters. The number of nitro groups is 1. The number of carboxylic acids is 1. The number of alkyl halides is 6. The highest BCUT2D eigenvalue weighted by Crippen LogP contribution is 2.38. The Kier molecular flexibility index (Phi) is 8.16. The number of hydrogen-bond acceptors (Lipinski definition) is 5. The quantitative estimate of drug-likeness (QED) is 0.132. The summed E-state index contributed by atoms with van der Waals surface area (Å²) in [5.74, 6) is -1.88. The lowest BCUT2D eigenvalue weighted by Crippen LogP contribution is -2.25. The van der Waals surface area contributed by atoms with Crippen LogP contribution in [0.25, 0.3) is 22.4 Å². The first-order valence-electron chi connectivity index (χ1n) is 11.8. The lowest BCUT2D eigenvalue weighted by atomic mass is 10.0. The number of hydrogen-bond donors (Lipinski definition) is 2. The molecule has 0 radical (unpaired) electrons. The largest absolute Gasteiger partial charge is 0.481 e. The molecule has 0 saturated heterocycles. The second-order valence-corrected chi connectivity index (χ2v) is 9.37. The van der Waals surface area contributed by atoms with Crippen LogP contribution in [0.1, 0.15) is 33.5 Å². The molecule has 2 N–H and O–H groups in total. The molecule has 220 valence electrons. The maximum atomic E-state index is 13.5. The summed E-state index contributed by atoms with van der Waals surface area (Å²) in [5.41, 5.74) is -3.61. The van der Waals surface area contributed by atoms with Gasteiger partial charge in [-0.2, -0.15) is 26.3 Å². The second-order valence-electron chi connectivity index (χ2n) is 8.96. The average molecular weight is 615 g/mol. The number of amides is 1. The molecule has 0 aliphatic rings. The minimum atomic E-state index is -5.09. The first kappa shape index (κ1) is 30.3. The van der Waals surface area contributed by atoms with Crippen molar-refractivity contribution in [3.8, 4) is 11.4 Å². The van der Waals surface area contributed by atoms with Crippen LogP contribution in [0.2, 0.25) is 5.02 Å². The van der Waals surface area contributed by atoms with Gasteiger partial charge in [-0.15, -0.1) is 0 Å². The molecule has 0 bridgehead atoms. The van der Waals surface area contributed by atoms with Gasteiger partial charge in [-0.3, -0.25) is 19.7 Å². The van der Waals surface area contributed by atoms with E-state index in [0.717, 1.165) is 6.07 Å². The summed E-state index contributed by atoms with van der Waals surface area (Å²) in [7, 11) is 0. The fourth-order valence-electron chi connectivity index (χ4n) is 4.12. The van der Waals surface area contributed by atoms with Gasteiger partial charge in [-0.1, -0.05) is 11.6 Å². The third-order valence-corrected chi connectivity index (χ3v) is 6.34. The summed E-state index contributed by atoms with van der Waals surface area (Å²) in [6.45, 7) is -0.753. The van der Waals surface area contributed by atoms with Gasteiger partial charge in [0.25, 0.3) is 11.6 Å². The monoisotopic (exact) mass is 614 g/mol. The van der Waals surface area contributed by atoms with Crippen LogP contribution in [0.15, 0.2) is 54.6 Å². The summed E-state index contributed by atoms with van der Waals surface area (Å²) in [5, 5.41) is 22.4. The number of imidazole rings is 1. The summed E-state index contributed by atoms with van der Waals surface area (Å²) in [6.07, 6.45) is -10.5. The lowest BCUT2D eigenvalue weighted by molar-refractivity contribution is -0.384. The molecule has 0 aliphatic heterocycles. The van der Waals surface area contributed by atoms with Crippen LogP contribution in [-0.2, 0) is 23.7 Å². The molecule has 0 spiro atoms. The lowest BCUT2D eigenvalue weighted by Gasteiger charge is -2.16. The van der Waals surface area contributed by atoms with Crippen molar-refractivity contribution in [2.24, 2.45) is 0 Å². The van der Waals surface area contributed by atoms with Crippen molar-refractivity contribution in [1.29, 1.82) is 0 Å². The Hall–Kier alpha value is -4.66. The highest BCUT2D eigenvalue weighted by Gasteiger charge is 2.37. The Labute approximate surface area is 236 Å². The zero-order chi connectivity index (χ0) is 31.0. The number of aromatic nitrogens is 2. The summed E-state index contributed by atoms with van der Waals surface area (Å²) in [4.78, 5) is 38.3. The van der Waals surface area contributed by atoms with E-state index in [1.54, 1.807) is 0 Å². The molecule has 4 aromatic rings. The second kappa shape index (κ2) is 11.3. The zero-order valence-corrected chi connectivity index (χ0v) is 21.6. The number of fused-ring (bicyclic) bond motifs is 1. The molecule has 1 heterocycles. The van der Waals surface area contributed by atoms with Gasteiger partial charge in [0, 0.05) is 30.3 Å². The molecular formula is C26H17ClF6N4O5. The molecule has 1 amide bonds. The van der Waals surface area contributed by atoms with Crippen LogP contribution in [0.5, 0.6) is 0 Å². The van der Waals surface area contributed by atoms with E-state index in [9.17, 15) is 46.0 Å². The third-order valence-electron chi connectivity index (χ3n) is 6.02. The van der Waals surface area contributed by atoms with Crippen molar-refractivity contribution in [2.75, 3.05) is 6.54 Å². The number of nitrogens with one attached hydrogen (secondary N) is 1. The van der Waals surface area contributed by atoms with Crippen molar-refractivity contribution in [2.45, 2.75) is 25.3 Å². The minimum Gasteiger partial charge on any atom is -0.481 e. The molecular weight excluding hydrogens is 598 g/mol. The van der Waals surface area contributed by atoms with Gasteiger partial charge in [0.1, 0.15) is 10.8 Å². The van der Waals surface area contributed by atoms with E-state index in [4.69, 9.17) is 16.7 Å². The van der Waals surface area contributed by atoms with E-state index in [2.05, 4.69) is 10.3 Å². The van der Waals surface area contributed by atoms with Crippen molar-refractivity contribution in [3.63, 3.8) is 0 Å². The predicted molar refractivity (Wildman–Crippen MR) is 137 cm³/mol. The number of carbonyl (C=O) groups is 2. The fourth-order valence-corrected chi connectivity index (χ4v) is 4.31. The van der Waals surface area contributed by atoms with Gasteiger partial charge in [-0.25, -0.2) is 4.98 Å². The Bertz CT molecular complexity index is 1690. The number of nitro benzene ring substituents is 1. The van der Waals surface area contributed by atoms with Gasteiger partial charge in [0.05, 0.1) is 33.5 Å². The van der Waals surface area contributed by atoms with E-state index in [0.29, 0.717) is 12.1 Å². The smallest absolute Gasteiger partial charge is 0.416 e. The topological polar surface area (TPSA) is 127 Å². The highest BCUT2D eigenvalue weighted by atomic mass is 35.5. The van der Waals surface area contributed by atoms with Crippen LogP contribution < -0.4 is 5.32 Å². The molecule has 0 fully saturated rings. The minimum absolute atomic E-state index is 0.00572. The Morgan fingerprint density at radius 1 is 0.976 bits per heavy atom. The van der Waals surface area contributed by atoms with E-state index < -0.39 is 58.1 Å². The van der Waals surface area contributed by atoms with Crippen molar-refractivity contribution >= 4 is 40.2 Å². The molecule has 9 nitrogen and oxygen atoms in total. The number of benzene rings is 3. The standard InChI is InChI=1S/C26H17ClF6N4O5/c27-18-3-1-14(10-21(18)37(41)42)23-35-19-9-15(24(40)34-6-5-22(38)39)2-4-20(19)36(23)12-13-7-16(25(28,29)30)11-17(8-13)26(31,32)33/h1-4,7-11H,5-6,12H2,(H,34,40)(H,38,39). The van der Waals surface area contributed by atoms with Gasteiger partial charge >= 0.3 is 18.3 Å². The number of halogens is 7. The van der Waals surface area contributed by atoms with E-state index in [-0.39, 0.29) is 52.0 Å². The maximum Gasteiger partial charge on any atom is 0.416 e. The molecule has 4 rings (SSSR count). The predicted octanol–water partition coefficient (Wildman–Crippen LogP) is 6.56. The molecule has 0 aliphatic carbocycles. The van der Waals surface area contributed by atoms with Crippen LogP contribution >= 0.6 is 11.6 Å². The van der Waals surface area contributed by atoms with Crippen LogP contribution in [0, 0.1) is 10.1 Å². The Balaban J connectivity index is 1.88. The maximum absolute atomic E-state index is 13.5. The van der Waals surface area contributed by atoms with Gasteiger partial charge in [-0.05, 0) is 54.1 Å². The van der Waals surface area contributed by atoms with Gasteiger partial charge < -0.3 is 15.0 Å². The number of aliphatic carboxylic acids is 1. The number of nitrogens with zero attached hydrogens (tertiary/aromatic N) is 3. The highest BCUT2D eigenvalue weighted by molar-refractivity contribution is 6.32. The number of carbonyl (C=O) groups excluding carboxylic acids is 1. The van der Waals surface area contributed by atoms with Crippen molar-refractivity contribution in [3.05, 3.63) is 92.0 Å². The van der Waals surface area contributed by atoms with E-state index >= 15 is 0 Å². The van der Waals surface area contributed by atoms with E-state index in [1.807, 2.05) is 0 Å². The first-order valence-corrected chi connectivity index (χ1v) is 12.2. The molecule has 0 saturated carbocycles. The number of carboxylic acid groups (broad SMARTS) is 1. The molecule has 16 heteroatoms. The van der Waals surface area contributed by atoms with Gasteiger partial charge in [0.2, 0.25) is 0 Å². The zero-order valence-electron chi connectivity index (χ0n) is 20.9. The summed E-state index contributed by atoms with van der Waals surface area (Å²) < 4.78 is 82.2. The van der Waals surface area contributed by atoms with Crippen LogP contribution in [0.3, 0.4) is 0 Å². The van der Waals surface area contributed by atoms with Crippen molar-refractivity contribution < 1.29 is 46.0 Å². The van der Waals surface area contributed by atoms with Crippen molar-refractivity contribution in [1.82, 2.24) is 14.9 Å². The normalized spacial score (nSPS) is 12.0. The molecule has 1 aromatic heterocycles. The molecule has 0 unspecified atom stereocenters. The molecule has 42 heavy (non-hydrogen) atoms. The van der Waals surface area contributed by atoms with Crippen LogP contribution in [0.4, 0.5) is 32.0 Å². The first-order chi connectivity index (χ1) is 19.5. The van der Waals surface area contributed by atoms with E-state index in [1.165, 1.54) is 34.9 Å². The fraction of sp³-hybridized carbons (Fsp3) is 0.192. The third kappa shape index (κ3) is 6.62. The van der Waals surface area contributed by atoms with Crippen LogP contribution in [-0.4, -0.2) is 38.0 Å². The summed E-state index contributed by atoms with van der Waals surface area (Å²) >= 11 is 5.90. The summed E-state index contributed by atoms with van der Waals surface area (Å²) in [6, 6.07) is 8.60.